The van der Waals surface area contributed by atoms with Gasteiger partial charge in [-0.3, -0.25) is 9.59 Å². The number of benzene rings is 1. The summed E-state index contributed by atoms with van der Waals surface area (Å²) in [6, 6.07) is 7.10. The van der Waals surface area contributed by atoms with E-state index in [9.17, 15) is 14.7 Å². The third-order valence-corrected chi connectivity index (χ3v) is 3.59. The number of nitrogens with one attached hydrogen (secondary N) is 1. The van der Waals surface area contributed by atoms with Gasteiger partial charge in [-0.1, -0.05) is 23.7 Å². The number of amides is 1. The van der Waals surface area contributed by atoms with Crippen LogP contribution in [-0.2, 0) is 9.53 Å². The summed E-state index contributed by atoms with van der Waals surface area (Å²) in [6.07, 6.45) is 1.49. The predicted octanol–water partition coefficient (Wildman–Crippen LogP) is 2.71. The van der Waals surface area contributed by atoms with Gasteiger partial charge in [-0.2, -0.15) is 0 Å². The molecule has 0 fully saturated rings. The van der Waals surface area contributed by atoms with E-state index in [0.29, 0.717) is 16.1 Å². The van der Waals surface area contributed by atoms with Crippen molar-refractivity contribution in [3.05, 3.63) is 46.7 Å². The van der Waals surface area contributed by atoms with Crippen LogP contribution in [0.4, 0.5) is 0 Å². The van der Waals surface area contributed by atoms with Crippen molar-refractivity contribution in [3.63, 3.8) is 0 Å². The van der Waals surface area contributed by atoms with E-state index in [2.05, 4.69) is 10.3 Å². The zero-order chi connectivity index (χ0) is 17.7. The van der Waals surface area contributed by atoms with Crippen molar-refractivity contribution in [2.75, 3.05) is 13.2 Å². The van der Waals surface area contributed by atoms with E-state index >= 15 is 0 Å². The minimum absolute atomic E-state index is 0.150. The Balaban J connectivity index is 2.23. The van der Waals surface area contributed by atoms with Crippen molar-refractivity contribution < 1.29 is 19.4 Å². The average molecular weight is 349 g/mol. The van der Waals surface area contributed by atoms with E-state index in [1.54, 1.807) is 32.0 Å². The second-order valence-electron chi connectivity index (χ2n) is 4.99. The Morgan fingerprint density at radius 1 is 1.38 bits per heavy atom. The van der Waals surface area contributed by atoms with Crippen molar-refractivity contribution in [2.24, 2.45) is 0 Å². The molecule has 1 aromatic heterocycles. The number of nitrogens with zero attached hydrogens (tertiary/aromatic N) is 1. The van der Waals surface area contributed by atoms with Crippen molar-refractivity contribution in [1.29, 1.82) is 0 Å². The number of hydrogen-bond acceptors (Lipinski definition) is 5. The van der Waals surface area contributed by atoms with Crippen LogP contribution in [0.3, 0.4) is 0 Å². The predicted molar refractivity (Wildman–Crippen MR) is 90.1 cm³/mol. The molecule has 2 rings (SSSR count). The molecule has 0 saturated heterocycles. The van der Waals surface area contributed by atoms with E-state index < -0.39 is 11.9 Å². The third kappa shape index (κ3) is 4.02. The number of ether oxygens (including phenoxy) is 1. The van der Waals surface area contributed by atoms with Gasteiger partial charge >= 0.3 is 5.97 Å². The largest absolute Gasteiger partial charge is 0.505 e. The van der Waals surface area contributed by atoms with Gasteiger partial charge in [0.05, 0.1) is 6.61 Å². The Morgan fingerprint density at radius 3 is 2.79 bits per heavy atom. The van der Waals surface area contributed by atoms with Crippen LogP contribution >= 0.6 is 11.6 Å². The minimum atomic E-state index is -0.652. The molecular formula is C17H17ClN2O4. The second kappa shape index (κ2) is 7.79. The maximum absolute atomic E-state index is 12.1. The summed E-state index contributed by atoms with van der Waals surface area (Å²) in [6.45, 7) is 3.29. The Labute approximate surface area is 144 Å². The van der Waals surface area contributed by atoms with Crippen molar-refractivity contribution in [1.82, 2.24) is 10.3 Å². The highest BCUT2D eigenvalue weighted by molar-refractivity contribution is 6.30. The number of aromatic hydroxyl groups is 1. The fourth-order valence-electron chi connectivity index (χ4n) is 2.15. The second-order valence-corrected chi connectivity index (χ2v) is 5.43. The zero-order valence-electron chi connectivity index (χ0n) is 13.3. The molecule has 0 atom stereocenters. The number of pyridine rings is 1. The van der Waals surface area contributed by atoms with Crippen LogP contribution in [0, 0.1) is 6.92 Å². The first-order chi connectivity index (χ1) is 11.4. The lowest BCUT2D eigenvalue weighted by atomic mass is 10.0. The smallest absolute Gasteiger partial charge is 0.325 e. The summed E-state index contributed by atoms with van der Waals surface area (Å²) >= 11 is 5.97. The maximum atomic E-state index is 12.1. The molecule has 1 amide bonds. The zero-order valence-corrected chi connectivity index (χ0v) is 14.1. The van der Waals surface area contributed by atoms with Crippen molar-refractivity contribution in [2.45, 2.75) is 13.8 Å². The van der Waals surface area contributed by atoms with Crippen LogP contribution in [0.5, 0.6) is 5.75 Å². The molecule has 24 heavy (non-hydrogen) atoms. The van der Waals surface area contributed by atoms with Gasteiger partial charge in [0.25, 0.3) is 5.91 Å². The molecule has 0 radical (unpaired) electrons. The van der Waals surface area contributed by atoms with Gasteiger partial charge in [0, 0.05) is 22.3 Å². The SMILES string of the molecule is CCOC(=O)CNC(=O)c1ncc(-c2cccc(Cl)c2)c(C)c1O. The first-order valence-electron chi connectivity index (χ1n) is 7.32. The Bertz CT molecular complexity index is 777. The number of carbonyl (C=O) groups is 2. The monoisotopic (exact) mass is 348 g/mol. The highest BCUT2D eigenvalue weighted by atomic mass is 35.5. The fourth-order valence-corrected chi connectivity index (χ4v) is 2.34. The Kier molecular flexibility index (Phi) is 5.76. The van der Waals surface area contributed by atoms with Crippen LogP contribution in [0.25, 0.3) is 11.1 Å². The molecule has 0 unspecified atom stereocenters. The quantitative estimate of drug-likeness (QED) is 0.811. The van der Waals surface area contributed by atoms with E-state index in [4.69, 9.17) is 16.3 Å². The fraction of sp³-hybridized carbons (Fsp3) is 0.235. The van der Waals surface area contributed by atoms with Gasteiger partial charge in [0.15, 0.2) is 5.69 Å². The lowest BCUT2D eigenvalue weighted by molar-refractivity contribution is -0.141. The first-order valence-corrected chi connectivity index (χ1v) is 7.70. The van der Waals surface area contributed by atoms with E-state index in [1.807, 2.05) is 6.07 Å². The van der Waals surface area contributed by atoms with E-state index in [-0.39, 0.29) is 24.6 Å². The van der Waals surface area contributed by atoms with E-state index in [1.165, 1.54) is 6.20 Å². The molecular weight excluding hydrogens is 332 g/mol. The summed E-state index contributed by atoms with van der Waals surface area (Å²) < 4.78 is 4.72. The van der Waals surface area contributed by atoms with Crippen LogP contribution in [-0.4, -0.2) is 35.1 Å². The summed E-state index contributed by atoms with van der Waals surface area (Å²) in [5.74, 6) is -1.45. The molecule has 0 aliphatic rings. The van der Waals surface area contributed by atoms with Gasteiger partial charge in [-0.15, -0.1) is 0 Å². The highest BCUT2D eigenvalue weighted by Gasteiger charge is 2.18. The molecule has 0 spiro atoms. The summed E-state index contributed by atoms with van der Waals surface area (Å²) in [5.41, 5.74) is 1.79. The first kappa shape index (κ1) is 17.7. The number of carbonyl (C=O) groups excluding carboxylic acids is 2. The molecule has 6 nitrogen and oxygen atoms in total. The lowest BCUT2D eigenvalue weighted by Gasteiger charge is -2.11. The van der Waals surface area contributed by atoms with Crippen LogP contribution in [0.2, 0.25) is 5.02 Å². The molecule has 2 aromatic rings. The Morgan fingerprint density at radius 2 is 2.12 bits per heavy atom. The molecule has 2 N–H and O–H groups in total. The molecule has 126 valence electrons. The molecule has 1 aromatic carbocycles. The molecule has 1 heterocycles. The molecule has 0 saturated carbocycles. The van der Waals surface area contributed by atoms with E-state index in [0.717, 1.165) is 5.56 Å². The van der Waals surface area contributed by atoms with Crippen LogP contribution < -0.4 is 5.32 Å². The van der Waals surface area contributed by atoms with Gasteiger partial charge in [-0.25, -0.2) is 4.98 Å². The molecule has 0 aliphatic heterocycles. The number of esters is 1. The van der Waals surface area contributed by atoms with Gasteiger partial charge in [-0.05, 0) is 31.5 Å². The summed E-state index contributed by atoms with van der Waals surface area (Å²) in [4.78, 5) is 27.3. The van der Waals surface area contributed by atoms with Gasteiger partial charge in [0.1, 0.15) is 12.3 Å². The normalized spacial score (nSPS) is 10.3. The maximum Gasteiger partial charge on any atom is 0.325 e. The molecule has 0 aliphatic carbocycles. The van der Waals surface area contributed by atoms with Gasteiger partial charge < -0.3 is 15.2 Å². The number of aromatic nitrogens is 1. The number of rotatable bonds is 5. The van der Waals surface area contributed by atoms with Crippen molar-refractivity contribution >= 4 is 23.5 Å². The number of hydrogen-bond donors (Lipinski definition) is 2. The highest BCUT2D eigenvalue weighted by Crippen LogP contribution is 2.31. The Hall–Kier alpha value is -2.60. The van der Waals surface area contributed by atoms with Crippen LogP contribution in [0.1, 0.15) is 23.0 Å². The van der Waals surface area contributed by atoms with Gasteiger partial charge in [0.2, 0.25) is 0 Å². The summed E-state index contributed by atoms with van der Waals surface area (Å²) in [7, 11) is 0. The summed E-state index contributed by atoms with van der Waals surface area (Å²) in [5, 5.41) is 13.2. The number of halogens is 1. The average Bonchev–Trinajstić information content (AvgIpc) is 2.55. The topological polar surface area (TPSA) is 88.5 Å². The molecule has 7 heteroatoms. The minimum Gasteiger partial charge on any atom is -0.505 e. The standard InChI is InChI=1S/C17H17ClN2O4/c1-3-24-14(21)9-20-17(23)15-16(22)10(2)13(8-19-15)11-5-4-6-12(18)7-11/h4-8,22H,3,9H2,1-2H3,(H,20,23). The third-order valence-electron chi connectivity index (χ3n) is 3.36. The lowest BCUT2D eigenvalue weighted by Crippen LogP contribution is -2.31. The molecule has 0 bridgehead atoms. The van der Waals surface area contributed by atoms with Crippen molar-refractivity contribution in [3.8, 4) is 16.9 Å². The van der Waals surface area contributed by atoms with Crippen LogP contribution in [0.15, 0.2) is 30.5 Å².